The van der Waals surface area contributed by atoms with E-state index in [1.165, 1.54) is 4.90 Å². The molecule has 104 valence electrons. The zero-order valence-electron chi connectivity index (χ0n) is 10.8. The van der Waals surface area contributed by atoms with E-state index < -0.39 is 23.2 Å². The number of nitrogens with one attached hydrogen (secondary N) is 1. The first-order chi connectivity index (χ1) is 9.54. The van der Waals surface area contributed by atoms with Crippen molar-refractivity contribution in [2.24, 2.45) is 0 Å². The first-order valence-corrected chi connectivity index (χ1v) is 6.48. The normalized spacial score (nSPS) is 20.5. The third kappa shape index (κ3) is 1.84. The number of aliphatic carboxylic acids is 1. The minimum absolute atomic E-state index is 0.422. The molecule has 1 saturated carbocycles. The zero-order valence-corrected chi connectivity index (χ0v) is 10.8. The van der Waals surface area contributed by atoms with E-state index >= 15 is 0 Å². The van der Waals surface area contributed by atoms with Crippen LogP contribution in [0.2, 0.25) is 0 Å². The Labute approximate surface area is 115 Å². The number of benzene rings is 1. The fraction of sp³-hybridized carbons (Fsp3) is 0.357. The quantitative estimate of drug-likeness (QED) is 0.774. The molecule has 2 aliphatic rings. The van der Waals surface area contributed by atoms with E-state index in [0.29, 0.717) is 31.6 Å². The number of hydrogen-bond acceptors (Lipinski definition) is 3. The Morgan fingerprint density at radius 3 is 2.40 bits per heavy atom. The molecule has 1 aliphatic heterocycles. The van der Waals surface area contributed by atoms with Gasteiger partial charge in [-0.3, -0.25) is 14.4 Å². The van der Waals surface area contributed by atoms with Crippen LogP contribution >= 0.6 is 0 Å². The molecule has 20 heavy (non-hydrogen) atoms. The molecule has 3 rings (SSSR count). The maximum absolute atomic E-state index is 11.7. The third-order valence-electron chi connectivity index (χ3n) is 3.95. The number of anilines is 1. The molecule has 0 radical (unpaired) electrons. The van der Waals surface area contributed by atoms with E-state index in [0.717, 1.165) is 5.56 Å². The zero-order chi connectivity index (χ0) is 14.3. The van der Waals surface area contributed by atoms with Crippen molar-refractivity contribution in [1.82, 2.24) is 5.32 Å². The van der Waals surface area contributed by atoms with Crippen LogP contribution in [0.3, 0.4) is 0 Å². The number of carbonyl (C=O) groups is 3. The van der Waals surface area contributed by atoms with Gasteiger partial charge in [-0.25, -0.2) is 0 Å². The monoisotopic (exact) mass is 274 g/mol. The van der Waals surface area contributed by atoms with Gasteiger partial charge in [-0.15, -0.1) is 0 Å². The Morgan fingerprint density at radius 1 is 1.20 bits per heavy atom. The highest BCUT2D eigenvalue weighted by molar-refractivity contribution is 6.41. The van der Waals surface area contributed by atoms with Crippen molar-refractivity contribution in [3.05, 3.63) is 29.8 Å². The Morgan fingerprint density at radius 2 is 1.85 bits per heavy atom. The van der Waals surface area contributed by atoms with Gasteiger partial charge in [0, 0.05) is 18.8 Å². The maximum Gasteiger partial charge on any atom is 0.316 e. The fourth-order valence-corrected chi connectivity index (χ4v) is 2.54. The van der Waals surface area contributed by atoms with Gasteiger partial charge in [0.2, 0.25) is 0 Å². The van der Waals surface area contributed by atoms with Crippen molar-refractivity contribution in [3.8, 4) is 0 Å². The van der Waals surface area contributed by atoms with Gasteiger partial charge in [-0.2, -0.15) is 0 Å². The minimum atomic E-state index is -0.807. The summed E-state index contributed by atoms with van der Waals surface area (Å²) in [5, 5.41) is 11.7. The summed E-state index contributed by atoms with van der Waals surface area (Å²) in [6.07, 6.45) is 1.29. The van der Waals surface area contributed by atoms with Crippen LogP contribution in [0.1, 0.15) is 18.4 Å². The van der Waals surface area contributed by atoms with E-state index in [9.17, 15) is 19.5 Å². The van der Waals surface area contributed by atoms with Gasteiger partial charge < -0.3 is 15.3 Å². The molecule has 6 nitrogen and oxygen atoms in total. The Balaban J connectivity index is 1.85. The topological polar surface area (TPSA) is 86.7 Å². The molecule has 2 fully saturated rings. The van der Waals surface area contributed by atoms with Gasteiger partial charge >= 0.3 is 17.8 Å². The summed E-state index contributed by atoms with van der Waals surface area (Å²) >= 11 is 0. The summed E-state index contributed by atoms with van der Waals surface area (Å²) in [7, 11) is 0. The number of carbonyl (C=O) groups excluding carboxylic acids is 2. The Bertz CT molecular complexity index is 590. The first-order valence-electron chi connectivity index (χ1n) is 6.48. The lowest BCUT2D eigenvalue weighted by molar-refractivity contribution is -0.140. The standard InChI is InChI=1S/C14H14N2O4/c17-11-12(18)16(8-7-15-11)10-3-1-9(2-4-10)14(5-6-14)13(19)20/h1-4H,5-8H2,(H,15,17)(H,19,20). The molecular formula is C14H14N2O4. The Hall–Kier alpha value is -2.37. The molecule has 0 aromatic heterocycles. The molecule has 1 heterocycles. The average molecular weight is 274 g/mol. The van der Waals surface area contributed by atoms with Crippen molar-refractivity contribution >= 4 is 23.5 Å². The summed E-state index contributed by atoms with van der Waals surface area (Å²) in [6, 6.07) is 6.87. The van der Waals surface area contributed by atoms with Gasteiger partial charge in [0.15, 0.2) is 0 Å². The Kier molecular flexibility index (Phi) is 2.74. The molecule has 2 N–H and O–H groups in total. The largest absolute Gasteiger partial charge is 0.481 e. The van der Waals surface area contributed by atoms with Crippen LogP contribution in [0.25, 0.3) is 0 Å². The number of rotatable bonds is 3. The molecule has 1 saturated heterocycles. The summed E-state index contributed by atoms with van der Waals surface area (Å²) in [5.41, 5.74) is 0.624. The highest BCUT2D eigenvalue weighted by atomic mass is 16.4. The molecule has 6 heteroatoms. The van der Waals surface area contributed by atoms with E-state index in [-0.39, 0.29) is 0 Å². The molecular weight excluding hydrogens is 260 g/mol. The molecule has 0 unspecified atom stereocenters. The molecule has 1 aromatic carbocycles. The van der Waals surface area contributed by atoms with Crippen LogP contribution in [0, 0.1) is 0 Å². The van der Waals surface area contributed by atoms with Gasteiger partial charge in [0.25, 0.3) is 0 Å². The highest BCUT2D eigenvalue weighted by Gasteiger charge is 2.51. The van der Waals surface area contributed by atoms with Gasteiger partial charge in [0.05, 0.1) is 5.41 Å². The van der Waals surface area contributed by atoms with E-state index in [4.69, 9.17) is 0 Å². The summed E-state index contributed by atoms with van der Waals surface area (Å²) in [5.74, 6) is -1.99. The molecule has 0 atom stereocenters. The van der Waals surface area contributed by atoms with Crippen LogP contribution in [0.15, 0.2) is 24.3 Å². The van der Waals surface area contributed by atoms with Gasteiger partial charge in [-0.05, 0) is 30.5 Å². The third-order valence-corrected chi connectivity index (χ3v) is 3.95. The number of hydrogen-bond donors (Lipinski definition) is 2. The van der Waals surface area contributed by atoms with Crippen LogP contribution in [-0.2, 0) is 19.8 Å². The second kappa shape index (κ2) is 4.33. The van der Waals surface area contributed by atoms with E-state index in [2.05, 4.69) is 5.32 Å². The molecule has 0 spiro atoms. The predicted octanol–water partition coefficient (Wildman–Crippen LogP) is 0.266. The van der Waals surface area contributed by atoms with Crippen LogP contribution in [-0.4, -0.2) is 36.0 Å². The summed E-state index contributed by atoms with van der Waals surface area (Å²) in [4.78, 5) is 35.7. The number of carboxylic acids is 1. The highest BCUT2D eigenvalue weighted by Crippen LogP contribution is 2.48. The lowest BCUT2D eigenvalue weighted by Gasteiger charge is -2.26. The smallest absolute Gasteiger partial charge is 0.316 e. The van der Waals surface area contributed by atoms with Crippen molar-refractivity contribution in [2.45, 2.75) is 18.3 Å². The molecule has 0 bridgehead atoms. The summed E-state index contributed by atoms with van der Waals surface area (Å²) in [6.45, 7) is 0.847. The van der Waals surface area contributed by atoms with Crippen LogP contribution < -0.4 is 10.2 Å². The van der Waals surface area contributed by atoms with Crippen molar-refractivity contribution in [2.75, 3.05) is 18.0 Å². The molecule has 1 aromatic rings. The number of carboxylic acid groups (broad SMARTS) is 1. The van der Waals surface area contributed by atoms with Crippen molar-refractivity contribution in [1.29, 1.82) is 0 Å². The predicted molar refractivity (Wildman–Crippen MR) is 70.4 cm³/mol. The second-order valence-electron chi connectivity index (χ2n) is 5.15. The van der Waals surface area contributed by atoms with E-state index in [1.807, 2.05) is 0 Å². The van der Waals surface area contributed by atoms with Gasteiger partial charge in [-0.1, -0.05) is 12.1 Å². The lowest BCUT2D eigenvalue weighted by Crippen LogP contribution is -2.52. The lowest BCUT2D eigenvalue weighted by atomic mass is 9.96. The SMILES string of the molecule is O=C1NCCN(c2ccc(C3(C(=O)O)CC3)cc2)C1=O. The minimum Gasteiger partial charge on any atom is -0.481 e. The summed E-state index contributed by atoms with van der Waals surface area (Å²) < 4.78 is 0. The average Bonchev–Trinajstić information content (AvgIpc) is 3.24. The number of nitrogens with zero attached hydrogens (tertiary/aromatic N) is 1. The van der Waals surface area contributed by atoms with E-state index in [1.54, 1.807) is 24.3 Å². The van der Waals surface area contributed by atoms with Gasteiger partial charge in [0.1, 0.15) is 0 Å². The molecule has 2 amide bonds. The van der Waals surface area contributed by atoms with Crippen LogP contribution in [0.4, 0.5) is 5.69 Å². The maximum atomic E-state index is 11.7. The molecule has 1 aliphatic carbocycles. The number of piperazine rings is 1. The van der Waals surface area contributed by atoms with Crippen molar-refractivity contribution < 1.29 is 19.5 Å². The fourth-order valence-electron chi connectivity index (χ4n) is 2.54. The van der Waals surface area contributed by atoms with Crippen molar-refractivity contribution in [3.63, 3.8) is 0 Å². The number of amides is 2. The second-order valence-corrected chi connectivity index (χ2v) is 5.15. The van der Waals surface area contributed by atoms with Crippen LogP contribution in [0.5, 0.6) is 0 Å². The first kappa shape index (κ1) is 12.7.